The molecule has 5 heteroatoms. The van der Waals surface area contributed by atoms with Gasteiger partial charge in [0.05, 0.1) is 11.6 Å². The highest BCUT2D eigenvalue weighted by Crippen LogP contribution is 2.20. The minimum absolute atomic E-state index is 0.199. The number of thioether (sulfide) groups is 1. The SMILES string of the molecule is CSc1ccc(NC(=O)c2cccc(OCc3ccccc3C#N)c2)cc1. The Morgan fingerprint density at radius 1 is 1.07 bits per heavy atom. The molecule has 0 bridgehead atoms. The number of nitriles is 1. The van der Waals surface area contributed by atoms with Crippen molar-refractivity contribution in [1.29, 1.82) is 5.26 Å². The number of carbonyl (C=O) groups excluding carboxylic acids is 1. The molecule has 0 unspecified atom stereocenters. The van der Waals surface area contributed by atoms with Crippen LogP contribution < -0.4 is 10.1 Å². The van der Waals surface area contributed by atoms with E-state index in [1.54, 1.807) is 42.1 Å². The van der Waals surface area contributed by atoms with E-state index in [0.29, 0.717) is 16.9 Å². The second-order valence-corrected chi connectivity index (χ2v) is 6.65. The third kappa shape index (κ3) is 4.90. The first-order valence-electron chi connectivity index (χ1n) is 8.36. The van der Waals surface area contributed by atoms with Crippen molar-refractivity contribution in [3.63, 3.8) is 0 Å². The van der Waals surface area contributed by atoms with Gasteiger partial charge in [-0.15, -0.1) is 11.8 Å². The maximum atomic E-state index is 12.5. The first-order valence-corrected chi connectivity index (χ1v) is 9.58. The van der Waals surface area contributed by atoms with Crippen LogP contribution in [0.1, 0.15) is 21.5 Å². The van der Waals surface area contributed by atoms with Gasteiger partial charge in [-0.05, 0) is 54.8 Å². The summed E-state index contributed by atoms with van der Waals surface area (Å²) in [6.45, 7) is 0.269. The van der Waals surface area contributed by atoms with Crippen molar-refractivity contribution in [2.75, 3.05) is 11.6 Å². The van der Waals surface area contributed by atoms with Crippen LogP contribution in [-0.4, -0.2) is 12.2 Å². The second kappa shape index (κ2) is 8.93. The number of carbonyl (C=O) groups is 1. The summed E-state index contributed by atoms with van der Waals surface area (Å²) in [5, 5.41) is 12.0. The fraction of sp³-hybridized carbons (Fsp3) is 0.0909. The van der Waals surface area contributed by atoms with E-state index in [-0.39, 0.29) is 12.5 Å². The van der Waals surface area contributed by atoms with Crippen molar-refractivity contribution in [3.8, 4) is 11.8 Å². The minimum atomic E-state index is -0.199. The minimum Gasteiger partial charge on any atom is -0.489 e. The molecule has 0 fully saturated rings. The number of hydrogen-bond acceptors (Lipinski definition) is 4. The Hall–Kier alpha value is -3.23. The first-order chi connectivity index (χ1) is 13.2. The van der Waals surface area contributed by atoms with Gasteiger partial charge in [0.2, 0.25) is 0 Å². The third-order valence-electron chi connectivity index (χ3n) is 3.98. The van der Waals surface area contributed by atoms with Crippen molar-refractivity contribution in [2.24, 2.45) is 0 Å². The van der Waals surface area contributed by atoms with Crippen molar-refractivity contribution < 1.29 is 9.53 Å². The number of nitrogens with one attached hydrogen (secondary N) is 1. The molecule has 0 aliphatic carbocycles. The molecule has 134 valence electrons. The molecule has 3 aromatic rings. The van der Waals surface area contributed by atoms with Crippen molar-refractivity contribution in [2.45, 2.75) is 11.5 Å². The van der Waals surface area contributed by atoms with Crippen molar-refractivity contribution >= 4 is 23.4 Å². The summed E-state index contributed by atoms with van der Waals surface area (Å²) >= 11 is 1.65. The molecule has 27 heavy (non-hydrogen) atoms. The van der Waals surface area contributed by atoms with E-state index in [2.05, 4.69) is 11.4 Å². The smallest absolute Gasteiger partial charge is 0.255 e. The molecule has 0 atom stereocenters. The lowest BCUT2D eigenvalue weighted by Gasteiger charge is -2.10. The zero-order chi connectivity index (χ0) is 19.1. The van der Waals surface area contributed by atoms with Gasteiger partial charge in [-0.25, -0.2) is 0 Å². The van der Waals surface area contributed by atoms with Gasteiger partial charge in [-0.1, -0.05) is 24.3 Å². The van der Waals surface area contributed by atoms with Gasteiger partial charge in [0.15, 0.2) is 0 Å². The number of amides is 1. The second-order valence-electron chi connectivity index (χ2n) is 5.77. The number of benzene rings is 3. The number of ether oxygens (including phenoxy) is 1. The molecule has 0 spiro atoms. The highest BCUT2D eigenvalue weighted by atomic mass is 32.2. The van der Waals surface area contributed by atoms with E-state index < -0.39 is 0 Å². The maximum absolute atomic E-state index is 12.5. The number of nitrogens with zero attached hydrogens (tertiary/aromatic N) is 1. The van der Waals surface area contributed by atoms with Crippen molar-refractivity contribution in [1.82, 2.24) is 0 Å². The lowest BCUT2D eigenvalue weighted by Crippen LogP contribution is -2.12. The zero-order valence-corrected chi connectivity index (χ0v) is 15.6. The molecule has 3 rings (SSSR count). The highest BCUT2D eigenvalue weighted by Gasteiger charge is 2.08. The van der Waals surface area contributed by atoms with Crippen LogP contribution in [0.5, 0.6) is 5.75 Å². The summed E-state index contributed by atoms with van der Waals surface area (Å²) in [5.74, 6) is 0.378. The largest absolute Gasteiger partial charge is 0.489 e. The zero-order valence-electron chi connectivity index (χ0n) is 14.8. The molecule has 0 aromatic heterocycles. The maximum Gasteiger partial charge on any atom is 0.255 e. The van der Waals surface area contributed by atoms with Gasteiger partial charge in [-0.3, -0.25) is 4.79 Å². The van der Waals surface area contributed by atoms with E-state index in [4.69, 9.17) is 10.00 Å². The van der Waals surface area contributed by atoms with Gasteiger partial charge < -0.3 is 10.1 Å². The Balaban J connectivity index is 1.67. The molecule has 0 saturated heterocycles. The summed E-state index contributed by atoms with van der Waals surface area (Å²) in [7, 11) is 0. The predicted molar refractivity (Wildman–Crippen MR) is 108 cm³/mol. The summed E-state index contributed by atoms with van der Waals surface area (Å²) in [4.78, 5) is 13.6. The molecule has 0 aliphatic heterocycles. The fourth-order valence-corrected chi connectivity index (χ4v) is 2.93. The summed E-state index contributed by atoms with van der Waals surface area (Å²) in [6, 6.07) is 24.1. The topological polar surface area (TPSA) is 62.1 Å². The summed E-state index contributed by atoms with van der Waals surface area (Å²) in [5.41, 5.74) is 2.64. The van der Waals surface area contributed by atoms with Crippen molar-refractivity contribution in [3.05, 3.63) is 89.5 Å². The third-order valence-corrected chi connectivity index (χ3v) is 4.72. The number of anilines is 1. The lowest BCUT2D eigenvalue weighted by molar-refractivity contribution is 0.102. The van der Waals surface area contributed by atoms with Crippen LogP contribution in [0.2, 0.25) is 0 Å². The number of rotatable bonds is 6. The van der Waals surface area contributed by atoms with Gasteiger partial charge in [0.25, 0.3) is 5.91 Å². The summed E-state index contributed by atoms with van der Waals surface area (Å²) in [6.07, 6.45) is 2.01. The van der Waals surface area contributed by atoms with E-state index in [0.717, 1.165) is 16.1 Å². The Morgan fingerprint density at radius 3 is 2.59 bits per heavy atom. The average Bonchev–Trinajstić information content (AvgIpc) is 2.73. The summed E-state index contributed by atoms with van der Waals surface area (Å²) < 4.78 is 5.77. The van der Waals surface area contributed by atoms with Gasteiger partial charge >= 0.3 is 0 Å². The molecule has 4 nitrogen and oxygen atoms in total. The standard InChI is InChI=1S/C22H18N2O2S/c1-27-21-11-9-19(10-12-21)24-22(25)16-7-4-8-20(13-16)26-15-18-6-3-2-5-17(18)14-23/h2-13H,15H2,1H3,(H,24,25). The monoisotopic (exact) mass is 374 g/mol. The van der Waals surface area contributed by atoms with Gasteiger partial charge in [0.1, 0.15) is 12.4 Å². The van der Waals surface area contributed by atoms with Crippen LogP contribution in [0.3, 0.4) is 0 Å². The van der Waals surface area contributed by atoms with Crippen LogP contribution in [-0.2, 0) is 6.61 Å². The molecule has 3 aromatic carbocycles. The average molecular weight is 374 g/mol. The van der Waals surface area contributed by atoms with Gasteiger partial charge in [0, 0.05) is 21.7 Å². The lowest BCUT2D eigenvalue weighted by atomic mass is 10.1. The van der Waals surface area contributed by atoms with E-state index in [1.165, 1.54) is 0 Å². The number of hydrogen-bond donors (Lipinski definition) is 1. The van der Waals surface area contributed by atoms with Crippen LogP contribution in [0.15, 0.2) is 77.7 Å². The molecule has 1 amide bonds. The molecular formula is C22H18N2O2S. The predicted octanol–water partition coefficient (Wildman–Crippen LogP) is 5.11. The molecule has 1 N–H and O–H groups in total. The Morgan fingerprint density at radius 2 is 1.85 bits per heavy atom. The molecule has 0 radical (unpaired) electrons. The van der Waals surface area contributed by atoms with Crippen LogP contribution >= 0.6 is 11.8 Å². The Kier molecular flexibility index (Phi) is 6.14. The Bertz CT molecular complexity index is 978. The fourth-order valence-electron chi connectivity index (χ4n) is 2.52. The Labute approximate surface area is 162 Å². The van der Waals surface area contributed by atoms with E-state index in [1.807, 2.05) is 48.7 Å². The quantitative estimate of drug-likeness (QED) is 0.609. The van der Waals surface area contributed by atoms with Crippen LogP contribution in [0.4, 0.5) is 5.69 Å². The molecule has 0 heterocycles. The van der Waals surface area contributed by atoms with Crippen LogP contribution in [0.25, 0.3) is 0 Å². The molecule has 0 aliphatic rings. The normalized spacial score (nSPS) is 10.1. The van der Waals surface area contributed by atoms with Crippen LogP contribution in [0, 0.1) is 11.3 Å². The van der Waals surface area contributed by atoms with E-state index in [9.17, 15) is 4.79 Å². The van der Waals surface area contributed by atoms with E-state index >= 15 is 0 Å². The van der Waals surface area contributed by atoms with Gasteiger partial charge in [-0.2, -0.15) is 5.26 Å². The molecular weight excluding hydrogens is 356 g/mol. The molecule has 0 saturated carbocycles. The highest BCUT2D eigenvalue weighted by molar-refractivity contribution is 7.98. The first kappa shape index (κ1) is 18.6.